The highest BCUT2D eigenvalue weighted by Crippen LogP contribution is 2.15. The molecule has 5 heteroatoms. The Morgan fingerprint density at radius 3 is 3.11 bits per heavy atom. The van der Waals surface area contributed by atoms with Gasteiger partial charge in [0.2, 0.25) is 0 Å². The number of hydrogen-bond donors (Lipinski definition) is 3. The first-order valence-electron chi connectivity index (χ1n) is 6.75. The minimum atomic E-state index is -0.175. The Morgan fingerprint density at radius 1 is 1.47 bits per heavy atom. The fraction of sp³-hybridized carbons (Fsp3) is 0.500. The summed E-state index contributed by atoms with van der Waals surface area (Å²) < 4.78 is 0. The normalized spacial score (nSPS) is 18.9. The van der Waals surface area contributed by atoms with Gasteiger partial charge in [0, 0.05) is 17.3 Å². The van der Waals surface area contributed by atoms with Crippen LogP contribution in [0.4, 0.5) is 10.5 Å². The Kier molecular flexibility index (Phi) is 5.48. The second-order valence-electron chi connectivity index (χ2n) is 4.89. The van der Waals surface area contributed by atoms with Gasteiger partial charge in [-0.05, 0) is 56.5 Å². The molecule has 1 aliphatic rings. The second-order valence-corrected chi connectivity index (χ2v) is 5.33. The van der Waals surface area contributed by atoms with Gasteiger partial charge in [-0.15, -0.1) is 0 Å². The maximum absolute atomic E-state index is 11.7. The molecule has 1 heterocycles. The Morgan fingerprint density at radius 2 is 2.37 bits per heavy atom. The van der Waals surface area contributed by atoms with Gasteiger partial charge in [0.15, 0.2) is 0 Å². The van der Waals surface area contributed by atoms with Crippen molar-refractivity contribution >= 4 is 23.3 Å². The van der Waals surface area contributed by atoms with E-state index in [1.165, 1.54) is 12.8 Å². The molecule has 2 amide bonds. The smallest absolute Gasteiger partial charge is 0.319 e. The van der Waals surface area contributed by atoms with E-state index in [2.05, 4.69) is 16.0 Å². The van der Waals surface area contributed by atoms with Gasteiger partial charge in [-0.2, -0.15) is 0 Å². The van der Waals surface area contributed by atoms with E-state index in [0.29, 0.717) is 23.2 Å². The molecule has 1 fully saturated rings. The Balaban J connectivity index is 1.67. The molecule has 0 spiro atoms. The maximum atomic E-state index is 11.7. The highest BCUT2D eigenvalue weighted by atomic mass is 35.5. The van der Waals surface area contributed by atoms with Crippen molar-refractivity contribution in [1.29, 1.82) is 0 Å². The third-order valence-electron chi connectivity index (χ3n) is 3.32. The molecule has 1 saturated heterocycles. The van der Waals surface area contributed by atoms with Crippen LogP contribution < -0.4 is 16.0 Å². The standard InChI is InChI=1S/C14H20ClN3O/c15-12-4-1-5-13(9-12)18-14(19)17-8-6-11-3-2-7-16-10-11/h1,4-5,9,11,16H,2-3,6-8,10H2,(H2,17,18,19). The number of benzene rings is 1. The predicted octanol–water partition coefficient (Wildman–Crippen LogP) is 2.85. The number of carbonyl (C=O) groups excluding carboxylic acids is 1. The lowest BCUT2D eigenvalue weighted by atomic mass is 9.96. The van der Waals surface area contributed by atoms with Crippen LogP contribution in [0.5, 0.6) is 0 Å². The van der Waals surface area contributed by atoms with E-state index in [1.54, 1.807) is 12.1 Å². The molecule has 0 radical (unpaired) electrons. The van der Waals surface area contributed by atoms with Crippen molar-refractivity contribution in [2.24, 2.45) is 5.92 Å². The van der Waals surface area contributed by atoms with Gasteiger partial charge in [-0.25, -0.2) is 4.79 Å². The number of carbonyl (C=O) groups is 1. The summed E-state index contributed by atoms with van der Waals surface area (Å²) in [5.74, 6) is 0.681. The molecule has 1 atom stereocenters. The van der Waals surface area contributed by atoms with E-state index in [0.717, 1.165) is 19.5 Å². The van der Waals surface area contributed by atoms with Crippen molar-refractivity contribution in [2.75, 3.05) is 25.0 Å². The third kappa shape index (κ3) is 5.09. The fourth-order valence-corrected chi connectivity index (χ4v) is 2.49. The largest absolute Gasteiger partial charge is 0.338 e. The summed E-state index contributed by atoms with van der Waals surface area (Å²) in [7, 11) is 0. The number of piperidine rings is 1. The molecule has 104 valence electrons. The highest BCUT2D eigenvalue weighted by Gasteiger charge is 2.12. The van der Waals surface area contributed by atoms with Crippen LogP contribution >= 0.6 is 11.6 Å². The van der Waals surface area contributed by atoms with Crippen LogP contribution in [0.2, 0.25) is 5.02 Å². The molecule has 1 aromatic carbocycles. The van der Waals surface area contributed by atoms with Crippen LogP contribution in [0, 0.1) is 5.92 Å². The van der Waals surface area contributed by atoms with Crippen LogP contribution in [-0.4, -0.2) is 25.7 Å². The van der Waals surface area contributed by atoms with E-state index < -0.39 is 0 Å². The molecule has 0 aliphatic carbocycles. The summed E-state index contributed by atoms with van der Waals surface area (Å²) in [6.45, 7) is 2.90. The molecular weight excluding hydrogens is 262 g/mol. The van der Waals surface area contributed by atoms with Gasteiger partial charge in [0.1, 0.15) is 0 Å². The quantitative estimate of drug-likeness (QED) is 0.795. The number of anilines is 1. The fourth-order valence-electron chi connectivity index (χ4n) is 2.30. The van der Waals surface area contributed by atoms with Crippen LogP contribution in [-0.2, 0) is 0 Å². The van der Waals surface area contributed by atoms with Crippen molar-refractivity contribution in [3.8, 4) is 0 Å². The van der Waals surface area contributed by atoms with Gasteiger partial charge in [-0.1, -0.05) is 17.7 Å². The summed E-state index contributed by atoms with van der Waals surface area (Å²) in [6, 6.07) is 6.96. The van der Waals surface area contributed by atoms with Crippen molar-refractivity contribution < 1.29 is 4.79 Å². The number of urea groups is 1. The first-order chi connectivity index (χ1) is 9.24. The maximum Gasteiger partial charge on any atom is 0.319 e. The monoisotopic (exact) mass is 281 g/mol. The molecule has 19 heavy (non-hydrogen) atoms. The second kappa shape index (κ2) is 7.36. The lowest BCUT2D eigenvalue weighted by Gasteiger charge is -2.22. The third-order valence-corrected chi connectivity index (χ3v) is 3.55. The zero-order chi connectivity index (χ0) is 13.5. The lowest BCUT2D eigenvalue weighted by molar-refractivity contribution is 0.250. The van der Waals surface area contributed by atoms with Crippen molar-refractivity contribution in [1.82, 2.24) is 10.6 Å². The molecule has 2 rings (SSSR count). The van der Waals surface area contributed by atoms with Crippen molar-refractivity contribution in [3.63, 3.8) is 0 Å². The van der Waals surface area contributed by atoms with E-state index in [9.17, 15) is 4.79 Å². The molecule has 0 saturated carbocycles. The number of hydrogen-bond acceptors (Lipinski definition) is 2. The Labute approximate surface area is 118 Å². The van der Waals surface area contributed by atoms with Crippen LogP contribution in [0.1, 0.15) is 19.3 Å². The zero-order valence-electron chi connectivity index (χ0n) is 10.9. The van der Waals surface area contributed by atoms with E-state index in [4.69, 9.17) is 11.6 Å². The lowest BCUT2D eigenvalue weighted by Crippen LogP contribution is -2.34. The van der Waals surface area contributed by atoms with E-state index in [-0.39, 0.29) is 6.03 Å². The highest BCUT2D eigenvalue weighted by molar-refractivity contribution is 6.30. The minimum absolute atomic E-state index is 0.175. The van der Waals surface area contributed by atoms with Gasteiger partial charge in [0.25, 0.3) is 0 Å². The molecule has 1 unspecified atom stereocenters. The first-order valence-corrected chi connectivity index (χ1v) is 7.13. The summed E-state index contributed by atoms with van der Waals surface area (Å²) >= 11 is 5.86. The summed E-state index contributed by atoms with van der Waals surface area (Å²) in [5, 5.41) is 9.64. The molecule has 0 aromatic heterocycles. The molecule has 4 nitrogen and oxygen atoms in total. The molecule has 1 aromatic rings. The molecule has 1 aliphatic heterocycles. The Bertz CT molecular complexity index is 419. The Hall–Kier alpha value is -1.26. The summed E-state index contributed by atoms with van der Waals surface area (Å²) in [5.41, 5.74) is 0.712. The zero-order valence-corrected chi connectivity index (χ0v) is 11.7. The van der Waals surface area contributed by atoms with Gasteiger partial charge in [0.05, 0.1) is 0 Å². The number of rotatable bonds is 4. The summed E-state index contributed by atoms with van der Waals surface area (Å²) in [4.78, 5) is 11.7. The van der Waals surface area contributed by atoms with Gasteiger partial charge < -0.3 is 16.0 Å². The molecule has 0 bridgehead atoms. The predicted molar refractivity (Wildman–Crippen MR) is 78.7 cm³/mol. The minimum Gasteiger partial charge on any atom is -0.338 e. The van der Waals surface area contributed by atoms with Crippen LogP contribution in [0.15, 0.2) is 24.3 Å². The molecule has 3 N–H and O–H groups in total. The average molecular weight is 282 g/mol. The van der Waals surface area contributed by atoms with Gasteiger partial charge in [-0.3, -0.25) is 0 Å². The number of nitrogens with one attached hydrogen (secondary N) is 3. The first kappa shape index (κ1) is 14.2. The van der Waals surface area contributed by atoms with E-state index in [1.807, 2.05) is 12.1 Å². The van der Waals surface area contributed by atoms with Crippen LogP contribution in [0.3, 0.4) is 0 Å². The number of amides is 2. The topological polar surface area (TPSA) is 53.2 Å². The SMILES string of the molecule is O=C(NCCC1CCCNC1)Nc1cccc(Cl)c1. The van der Waals surface area contributed by atoms with Crippen LogP contribution in [0.25, 0.3) is 0 Å². The average Bonchev–Trinajstić information content (AvgIpc) is 2.40. The number of halogens is 1. The van der Waals surface area contributed by atoms with Crippen molar-refractivity contribution in [3.05, 3.63) is 29.3 Å². The van der Waals surface area contributed by atoms with Crippen molar-refractivity contribution in [2.45, 2.75) is 19.3 Å². The molecular formula is C14H20ClN3O. The van der Waals surface area contributed by atoms with E-state index >= 15 is 0 Å². The van der Waals surface area contributed by atoms with Gasteiger partial charge >= 0.3 is 6.03 Å². The summed E-state index contributed by atoms with van der Waals surface area (Å²) in [6.07, 6.45) is 3.51.